The van der Waals surface area contributed by atoms with Gasteiger partial charge >= 0.3 is 12.1 Å². The van der Waals surface area contributed by atoms with Gasteiger partial charge in [-0.15, -0.1) is 0 Å². The summed E-state index contributed by atoms with van der Waals surface area (Å²) >= 11 is 2.07. The number of esters is 1. The Morgan fingerprint density at radius 1 is 1.12 bits per heavy atom. The van der Waals surface area contributed by atoms with Crippen LogP contribution in [-0.2, 0) is 16.0 Å². The van der Waals surface area contributed by atoms with E-state index in [-0.39, 0.29) is 6.54 Å². The van der Waals surface area contributed by atoms with Crippen LogP contribution in [0.1, 0.15) is 57.5 Å². The first-order valence-electron chi connectivity index (χ1n) is 7.89. The van der Waals surface area contributed by atoms with E-state index >= 15 is 0 Å². The second kappa shape index (κ2) is 8.20. The fourth-order valence-electron chi connectivity index (χ4n) is 1.91. The maximum atomic E-state index is 12.6. The third kappa shape index (κ3) is 7.05. The average molecular weight is 463 g/mol. The van der Waals surface area contributed by atoms with E-state index in [1.165, 1.54) is 0 Å². The highest BCUT2D eigenvalue weighted by Gasteiger charge is 2.26. The van der Waals surface area contributed by atoms with Crippen molar-refractivity contribution in [3.05, 3.63) is 20.9 Å². The van der Waals surface area contributed by atoms with Gasteiger partial charge in [0.15, 0.2) is 0 Å². The Hall–Kier alpha value is -1.58. The molecule has 0 spiro atoms. The molecule has 0 aliphatic carbocycles. The highest BCUT2D eigenvalue weighted by molar-refractivity contribution is 14.1. The Bertz CT molecular complexity index is 649. The minimum Gasteiger partial charge on any atom is -0.456 e. The molecule has 7 nitrogen and oxygen atoms in total. The summed E-state index contributed by atoms with van der Waals surface area (Å²) in [5, 5.41) is 5.57. The molecule has 140 valence electrons. The lowest BCUT2D eigenvalue weighted by atomic mass is 10.1. The Morgan fingerprint density at radius 3 is 2.16 bits per heavy atom. The molecule has 0 aromatic carbocycles. The number of rotatable bonds is 4. The molecule has 25 heavy (non-hydrogen) atoms. The normalized spacial score (nSPS) is 11.7. The van der Waals surface area contributed by atoms with Crippen molar-refractivity contribution in [3.63, 3.8) is 0 Å². The standard InChI is InChI=1S/C17H26IN3O4/c1-16(2,3)24-14(22)12-10(11(18)9-20-13(12)19-7)8-21-15(23)25-17(4,5)6/h9H,8H2,1-7H3,(H,19,20)(H,21,23). The summed E-state index contributed by atoms with van der Waals surface area (Å²) in [6.07, 6.45) is 1.08. The number of carbonyl (C=O) groups is 2. The number of amides is 1. The predicted molar refractivity (Wildman–Crippen MR) is 105 cm³/mol. The monoisotopic (exact) mass is 463 g/mol. The van der Waals surface area contributed by atoms with Crippen molar-refractivity contribution in [2.24, 2.45) is 0 Å². The SMILES string of the molecule is CNc1ncc(I)c(CNC(=O)OC(C)(C)C)c1C(=O)OC(C)(C)C. The van der Waals surface area contributed by atoms with Crippen molar-refractivity contribution in [2.75, 3.05) is 12.4 Å². The van der Waals surface area contributed by atoms with Gasteiger partial charge in [-0.2, -0.15) is 0 Å². The van der Waals surface area contributed by atoms with E-state index in [0.717, 1.165) is 3.57 Å². The van der Waals surface area contributed by atoms with Crippen molar-refractivity contribution < 1.29 is 19.1 Å². The number of hydrogen-bond acceptors (Lipinski definition) is 6. The van der Waals surface area contributed by atoms with Gasteiger partial charge in [-0.1, -0.05) is 0 Å². The summed E-state index contributed by atoms with van der Waals surface area (Å²) in [6.45, 7) is 10.9. The lowest BCUT2D eigenvalue weighted by Gasteiger charge is -2.23. The molecule has 0 aliphatic heterocycles. The zero-order valence-electron chi connectivity index (χ0n) is 15.7. The number of nitrogens with one attached hydrogen (secondary N) is 2. The number of alkyl carbamates (subject to hydrolysis) is 1. The Morgan fingerprint density at radius 2 is 1.68 bits per heavy atom. The van der Waals surface area contributed by atoms with Crippen LogP contribution in [0.5, 0.6) is 0 Å². The zero-order valence-corrected chi connectivity index (χ0v) is 17.9. The first kappa shape index (κ1) is 21.5. The maximum Gasteiger partial charge on any atom is 0.407 e. The van der Waals surface area contributed by atoms with E-state index in [9.17, 15) is 9.59 Å². The lowest BCUT2D eigenvalue weighted by molar-refractivity contribution is 0.00678. The third-order valence-corrected chi connectivity index (χ3v) is 3.71. The Kier molecular flexibility index (Phi) is 7.04. The van der Waals surface area contributed by atoms with Crippen LogP contribution < -0.4 is 10.6 Å². The van der Waals surface area contributed by atoms with Crippen molar-refractivity contribution >= 4 is 40.5 Å². The molecule has 1 heterocycles. The van der Waals surface area contributed by atoms with Gasteiger partial charge in [0.2, 0.25) is 0 Å². The molecule has 0 saturated heterocycles. The van der Waals surface area contributed by atoms with Gasteiger partial charge in [0.25, 0.3) is 0 Å². The number of ether oxygens (including phenoxy) is 2. The Balaban J connectivity index is 3.13. The van der Waals surface area contributed by atoms with E-state index in [1.54, 1.807) is 54.8 Å². The van der Waals surface area contributed by atoms with Crippen LogP contribution in [0, 0.1) is 3.57 Å². The van der Waals surface area contributed by atoms with E-state index in [4.69, 9.17) is 9.47 Å². The minimum absolute atomic E-state index is 0.124. The van der Waals surface area contributed by atoms with Crippen LogP contribution in [-0.4, -0.2) is 35.3 Å². The van der Waals surface area contributed by atoms with Gasteiger partial charge < -0.3 is 20.1 Å². The van der Waals surface area contributed by atoms with Crippen molar-refractivity contribution in [2.45, 2.75) is 59.3 Å². The number of halogens is 1. The fraction of sp³-hybridized carbons (Fsp3) is 0.588. The largest absolute Gasteiger partial charge is 0.456 e. The van der Waals surface area contributed by atoms with Gasteiger partial charge in [0, 0.05) is 28.9 Å². The van der Waals surface area contributed by atoms with Gasteiger partial charge in [-0.05, 0) is 64.1 Å². The zero-order chi connectivity index (χ0) is 19.4. The molecule has 0 fully saturated rings. The average Bonchev–Trinajstić information content (AvgIpc) is 2.41. The summed E-state index contributed by atoms with van der Waals surface area (Å²) in [4.78, 5) is 28.8. The third-order valence-electron chi connectivity index (χ3n) is 2.78. The molecule has 0 radical (unpaired) electrons. The van der Waals surface area contributed by atoms with Gasteiger partial charge in [0.1, 0.15) is 22.6 Å². The highest BCUT2D eigenvalue weighted by Crippen LogP contribution is 2.25. The molecule has 0 atom stereocenters. The molecule has 1 aromatic heterocycles. The lowest BCUT2D eigenvalue weighted by Crippen LogP contribution is -2.33. The molecule has 0 aliphatic rings. The van der Waals surface area contributed by atoms with Crippen LogP contribution in [0.3, 0.4) is 0 Å². The van der Waals surface area contributed by atoms with Crippen LogP contribution in [0.4, 0.5) is 10.6 Å². The van der Waals surface area contributed by atoms with E-state index in [1.807, 2.05) is 0 Å². The first-order valence-corrected chi connectivity index (χ1v) is 8.97. The molecule has 8 heteroatoms. The van der Waals surface area contributed by atoms with Crippen molar-refractivity contribution in [3.8, 4) is 0 Å². The van der Waals surface area contributed by atoms with E-state index < -0.39 is 23.3 Å². The highest BCUT2D eigenvalue weighted by atomic mass is 127. The number of aromatic nitrogens is 1. The van der Waals surface area contributed by atoms with Gasteiger partial charge in [-0.25, -0.2) is 14.6 Å². The van der Waals surface area contributed by atoms with E-state index in [0.29, 0.717) is 16.9 Å². The summed E-state index contributed by atoms with van der Waals surface area (Å²) < 4.78 is 11.5. The summed E-state index contributed by atoms with van der Waals surface area (Å²) in [7, 11) is 1.67. The summed E-state index contributed by atoms with van der Waals surface area (Å²) in [5.74, 6) is -0.0977. The number of carbonyl (C=O) groups excluding carboxylic acids is 2. The quantitative estimate of drug-likeness (QED) is 0.523. The number of nitrogens with zero attached hydrogens (tertiary/aromatic N) is 1. The minimum atomic E-state index is -0.640. The summed E-state index contributed by atoms with van der Waals surface area (Å²) in [5.41, 5.74) is -0.306. The van der Waals surface area contributed by atoms with Crippen LogP contribution in [0.2, 0.25) is 0 Å². The topological polar surface area (TPSA) is 89.5 Å². The molecule has 1 aromatic rings. The number of pyridine rings is 1. The molecule has 1 rings (SSSR count). The number of hydrogen-bond donors (Lipinski definition) is 2. The van der Waals surface area contributed by atoms with Crippen molar-refractivity contribution in [1.82, 2.24) is 10.3 Å². The molecule has 0 unspecified atom stereocenters. The first-order chi connectivity index (χ1) is 11.3. The smallest absolute Gasteiger partial charge is 0.407 e. The van der Waals surface area contributed by atoms with Crippen molar-refractivity contribution in [1.29, 1.82) is 0 Å². The van der Waals surface area contributed by atoms with Gasteiger partial charge in [0.05, 0.1) is 0 Å². The molecular weight excluding hydrogens is 437 g/mol. The van der Waals surface area contributed by atoms with Crippen LogP contribution >= 0.6 is 22.6 Å². The van der Waals surface area contributed by atoms with Crippen LogP contribution in [0.25, 0.3) is 0 Å². The van der Waals surface area contributed by atoms with E-state index in [2.05, 4.69) is 38.2 Å². The molecular formula is C17H26IN3O4. The second-order valence-corrected chi connectivity index (χ2v) is 8.58. The van der Waals surface area contributed by atoms with Gasteiger partial charge in [-0.3, -0.25) is 0 Å². The Labute approximate surface area is 162 Å². The molecule has 0 saturated carbocycles. The summed E-state index contributed by atoms with van der Waals surface area (Å²) in [6, 6.07) is 0. The predicted octanol–water partition coefficient (Wildman–Crippen LogP) is 3.71. The van der Waals surface area contributed by atoms with Crippen LogP contribution in [0.15, 0.2) is 6.20 Å². The second-order valence-electron chi connectivity index (χ2n) is 7.42. The number of anilines is 1. The molecule has 1 amide bonds. The maximum absolute atomic E-state index is 12.6. The molecule has 2 N–H and O–H groups in total. The molecule has 0 bridgehead atoms. The fourth-order valence-corrected chi connectivity index (χ4v) is 2.51.